The molecule has 0 amide bonds. The summed E-state index contributed by atoms with van der Waals surface area (Å²) < 4.78 is 17.5. The van der Waals surface area contributed by atoms with Gasteiger partial charge in [-0.25, -0.2) is 0 Å². The minimum atomic E-state index is -0.102. The van der Waals surface area contributed by atoms with Crippen LogP contribution < -0.4 is 14.2 Å². The summed E-state index contributed by atoms with van der Waals surface area (Å²) >= 11 is 3.44. The Kier molecular flexibility index (Phi) is 5.20. The molecule has 0 aromatic heterocycles. The lowest BCUT2D eigenvalue weighted by Gasteiger charge is -2.18. The smallest absolute Gasteiger partial charge is 0.185 e. The van der Waals surface area contributed by atoms with Crippen molar-refractivity contribution in [1.29, 1.82) is 0 Å². The lowest BCUT2D eigenvalue weighted by molar-refractivity contribution is 0.104. The number of fused-ring (bicyclic) bond motifs is 1. The third-order valence-corrected chi connectivity index (χ3v) is 4.01. The molecule has 124 valence electrons. The summed E-state index contributed by atoms with van der Waals surface area (Å²) in [7, 11) is 0. The molecule has 2 aromatic carbocycles. The van der Waals surface area contributed by atoms with Crippen molar-refractivity contribution in [2.45, 2.75) is 6.92 Å². The fourth-order valence-electron chi connectivity index (χ4n) is 2.39. The largest absolute Gasteiger partial charge is 0.493 e. The highest BCUT2D eigenvalue weighted by atomic mass is 79.9. The molecular weight excluding hydrogens is 372 g/mol. The Morgan fingerprint density at radius 1 is 1.17 bits per heavy atom. The van der Waals surface area contributed by atoms with Gasteiger partial charge in [-0.05, 0) is 55.5 Å². The zero-order valence-electron chi connectivity index (χ0n) is 13.3. The SMILES string of the molecule is CCOc1ccc(Br)cc1/C=C/C(=O)c1ccc2c(c1)OCCO2. The molecule has 24 heavy (non-hydrogen) atoms. The Labute approximate surface area is 149 Å². The van der Waals surface area contributed by atoms with Crippen molar-refractivity contribution in [1.82, 2.24) is 0 Å². The molecule has 0 N–H and O–H groups in total. The van der Waals surface area contributed by atoms with Crippen molar-refractivity contribution in [3.63, 3.8) is 0 Å². The molecule has 3 rings (SSSR count). The van der Waals surface area contributed by atoms with E-state index >= 15 is 0 Å². The second-order valence-corrected chi connectivity index (χ2v) is 6.09. The van der Waals surface area contributed by atoms with Gasteiger partial charge in [-0.1, -0.05) is 15.9 Å². The molecule has 0 saturated heterocycles. The van der Waals surface area contributed by atoms with Crippen LogP contribution in [0.4, 0.5) is 0 Å². The molecule has 0 fully saturated rings. The molecule has 1 aliphatic heterocycles. The average molecular weight is 389 g/mol. The van der Waals surface area contributed by atoms with E-state index in [2.05, 4.69) is 15.9 Å². The van der Waals surface area contributed by atoms with Crippen LogP contribution in [0.3, 0.4) is 0 Å². The molecule has 0 aliphatic carbocycles. The van der Waals surface area contributed by atoms with Crippen LogP contribution in [0.15, 0.2) is 46.9 Å². The number of carbonyl (C=O) groups is 1. The topological polar surface area (TPSA) is 44.8 Å². The third kappa shape index (κ3) is 3.79. The summed E-state index contributed by atoms with van der Waals surface area (Å²) in [5, 5.41) is 0. The van der Waals surface area contributed by atoms with Crippen LogP contribution in [-0.2, 0) is 0 Å². The van der Waals surface area contributed by atoms with Crippen LogP contribution in [-0.4, -0.2) is 25.6 Å². The lowest BCUT2D eigenvalue weighted by atomic mass is 10.1. The molecule has 4 nitrogen and oxygen atoms in total. The van der Waals surface area contributed by atoms with E-state index < -0.39 is 0 Å². The first-order valence-corrected chi connectivity index (χ1v) is 8.51. The molecule has 5 heteroatoms. The summed E-state index contributed by atoms with van der Waals surface area (Å²) in [5.41, 5.74) is 1.40. The Hall–Kier alpha value is -2.27. The standard InChI is InChI=1S/C19H17BrO4/c1-2-22-17-8-5-15(20)11-14(17)3-6-16(21)13-4-7-18-19(12-13)24-10-9-23-18/h3-8,11-12H,2,9-10H2,1H3/b6-3+. The maximum atomic E-state index is 12.4. The summed E-state index contributed by atoms with van der Waals surface area (Å²) in [6.45, 7) is 3.52. The molecular formula is C19H17BrO4. The first-order valence-electron chi connectivity index (χ1n) is 7.72. The average Bonchev–Trinajstić information content (AvgIpc) is 2.61. The molecule has 0 bridgehead atoms. The second kappa shape index (κ2) is 7.53. The minimum absolute atomic E-state index is 0.102. The number of rotatable bonds is 5. The Bertz CT molecular complexity index is 783. The van der Waals surface area contributed by atoms with E-state index in [1.807, 2.05) is 25.1 Å². The summed E-state index contributed by atoms with van der Waals surface area (Å²) in [5.74, 6) is 1.92. The van der Waals surface area contributed by atoms with Crippen LogP contribution in [0.1, 0.15) is 22.8 Å². The van der Waals surface area contributed by atoms with Gasteiger partial charge in [0, 0.05) is 15.6 Å². The van der Waals surface area contributed by atoms with Crippen molar-refractivity contribution in [3.05, 3.63) is 58.1 Å². The molecule has 0 unspecified atom stereocenters. The predicted octanol–water partition coefficient (Wildman–Crippen LogP) is 4.52. The number of benzene rings is 2. The van der Waals surface area contributed by atoms with Gasteiger partial charge in [0.05, 0.1) is 6.61 Å². The quantitative estimate of drug-likeness (QED) is 0.558. The summed E-state index contributed by atoms with van der Waals surface area (Å²) in [6.07, 6.45) is 3.30. The highest BCUT2D eigenvalue weighted by Crippen LogP contribution is 2.31. The van der Waals surface area contributed by atoms with E-state index in [-0.39, 0.29) is 5.78 Å². The van der Waals surface area contributed by atoms with Crippen LogP contribution in [0.25, 0.3) is 6.08 Å². The number of ether oxygens (including phenoxy) is 3. The van der Waals surface area contributed by atoms with Gasteiger partial charge in [0.1, 0.15) is 19.0 Å². The molecule has 0 radical (unpaired) electrons. The lowest BCUT2D eigenvalue weighted by Crippen LogP contribution is -2.15. The zero-order valence-corrected chi connectivity index (χ0v) is 14.8. The molecule has 2 aromatic rings. The van der Waals surface area contributed by atoms with Gasteiger partial charge in [-0.2, -0.15) is 0 Å². The summed E-state index contributed by atoms with van der Waals surface area (Å²) in [4.78, 5) is 12.4. The molecule has 1 heterocycles. The number of ketones is 1. The number of hydrogen-bond donors (Lipinski definition) is 0. The number of hydrogen-bond acceptors (Lipinski definition) is 4. The third-order valence-electron chi connectivity index (χ3n) is 3.51. The normalized spacial score (nSPS) is 13.1. The molecule has 0 spiro atoms. The highest BCUT2D eigenvalue weighted by molar-refractivity contribution is 9.10. The van der Waals surface area contributed by atoms with Crippen molar-refractivity contribution >= 4 is 27.8 Å². The second-order valence-electron chi connectivity index (χ2n) is 5.17. The van der Waals surface area contributed by atoms with E-state index in [0.29, 0.717) is 36.9 Å². The van der Waals surface area contributed by atoms with Crippen molar-refractivity contribution < 1.29 is 19.0 Å². The molecule has 0 saturated carbocycles. The number of carbonyl (C=O) groups excluding carboxylic acids is 1. The van der Waals surface area contributed by atoms with Crippen molar-refractivity contribution in [2.24, 2.45) is 0 Å². The Morgan fingerprint density at radius 3 is 2.75 bits per heavy atom. The zero-order chi connectivity index (χ0) is 16.9. The van der Waals surface area contributed by atoms with Gasteiger partial charge in [0.15, 0.2) is 17.3 Å². The minimum Gasteiger partial charge on any atom is -0.493 e. The Balaban J connectivity index is 1.82. The predicted molar refractivity (Wildman–Crippen MR) is 96.1 cm³/mol. The first kappa shape index (κ1) is 16.6. The Morgan fingerprint density at radius 2 is 1.96 bits per heavy atom. The van der Waals surface area contributed by atoms with E-state index in [0.717, 1.165) is 15.8 Å². The first-order chi connectivity index (χ1) is 11.7. The van der Waals surface area contributed by atoms with Crippen molar-refractivity contribution in [3.8, 4) is 17.2 Å². The van der Waals surface area contributed by atoms with Gasteiger partial charge in [-0.15, -0.1) is 0 Å². The monoisotopic (exact) mass is 388 g/mol. The highest BCUT2D eigenvalue weighted by Gasteiger charge is 2.14. The summed E-state index contributed by atoms with van der Waals surface area (Å²) in [6, 6.07) is 10.9. The number of halogens is 1. The van der Waals surface area contributed by atoms with Gasteiger partial charge in [0.25, 0.3) is 0 Å². The fraction of sp³-hybridized carbons (Fsp3) is 0.211. The van der Waals surface area contributed by atoms with E-state index in [9.17, 15) is 4.79 Å². The van der Waals surface area contributed by atoms with Gasteiger partial charge in [0.2, 0.25) is 0 Å². The van der Waals surface area contributed by atoms with Crippen LogP contribution in [0, 0.1) is 0 Å². The van der Waals surface area contributed by atoms with E-state index in [1.54, 1.807) is 24.3 Å². The van der Waals surface area contributed by atoms with Crippen molar-refractivity contribution in [2.75, 3.05) is 19.8 Å². The number of allylic oxidation sites excluding steroid dienone is 1. The maximum absolute atomic E-state index is 12.4. The van der Waals surface area contributed by atoms with E-state index in [1.165, 1.54) is 6.08 Å². The fourth-order valence-corrected chi connectivity index (χ4v) is 2.77. The molecule has 0 atom stereocenters. The van der Waals surface area contributed by atoms with E-state index in [4.69, 9.17) is 14.2 Å². The van der Waals surface area contributed by atoms with Gasteiger partial charge < -0.3 is 14.2 Å². The van der Waals surface area contributed by atoms with Crippen LogP contribution >= 0.6 is 15.9 Å². The van der Waals surface area contributed by atoms with Gasteiger partial charge in [-0.3, -0.25) is 4.79 Å². The maximum Gasteiger partial charge on any atom is 0.185 e. The van der Waals surface area contributed by atoms with Gasteiger partial charge >= 0.3 is 0 Å². The molecule has 1 aliphatic rings. The van der Waals surface area contributed by atoms with Crippen LogP contribution in [0.2, 0.25) is 0 Å². The van der Waals surface area contributed by atoms with Crippen LogP contribution in [0.5, 0.6) is 17.2 Å².